The third-order valence-electron chi connectivity index (χ3n) is 4.58. The van der Waals surface area contributed by atoms with Crippen LogP contribution >= 0.6 is 0 Å². The van der Waals surface area contributed by atoms with Gasteiger partial charge in [0.25, 0.3) is 0 Å². The second-order valence-electron chi connectivity index (χ2n) is 6.53. The highest BCUT2D eigenvalue weighted by atomic mass is 15.2. The SMILES string of the molecule is CCNC1C(N(C)Cc2ccccc2)CCC1(C)C. The molecule has 1 aliphatic rings. The minimum atomic E-state index is 0.408. The van der Waals surface area contributed by atoms with Crippen LogP contribution in [0.5, 0.6) is 0 Å². The van der Waals surface area contributed by atoms with Crippen molar-refractivity contribution in [1.29, 1.82) is 0 Å². The van der Waals surface area contributed by atoms with Crippen LogP contribution in [0.4, 0.5) is 0 Å². The highest BCUT2D eigenvalue weighted by Crippen LogP contribution is 2.39. The van der Waals surface area contributed by atoms with Crippen molar-refractivity contribution in [2.75, 3.05) is 13.6 Å². The molecule has 1 N–H and O–H groups in total. The normalized spacial score (nSPS) is 25.9. The number of hydrogen-bond acceptors (Lipinski definition) is 2. The minimum absolute atomic E-state index is 0.408. The van der Waals surface area contributed by atoms with E-state index in [1.54, 1.807) is 0 Å². The predicted octanol–water partition coefficient (Wildman–Crippen LogP) is 3.29. The van der Waals surface area contributed by atoms with Crippen molar-refractivity contribution in [1.82, 2.24) is 10.2 Å². The maximum atomic E-state index is 3.71. The molecule has 2 rings (SSSR count). The summed E-state index contributed by atoms with van der Waals surface area (Å²) in [6, 6.07) is 12.0. The Hall–Kier alpha value is -0.860. The quantitative estimate of drug-likeness (QED) is 0.874. The molecule has 2 atom stereocenters. The van der Waals surface area contributed by atoms with Crippen LogP contribution in [-0.4, -0.2) is 30.6 Å². The second-order valence-corrected chi connectivity index (χ2v) is 6.53. The Balaban J connectivity index is 2.04. The van der Waals surface area contributed by atoms with E-state index >= 15 is 0 Å². The minimum Gasteiger partial charge on any atom is -0.312 e. The molecule has 2 unspecified atom stereocenters. The second kappa shape index (κ2) is 6.06. The third-order valence-corrected chi connectivity index (χ3v) is 4.58. The van der Waals surface area contributed by atoms with Crippen LogP contribution in [0.25, 0.3) is 0 Å². The molecule has 2 nitrogen and oxygen atoms in total. The van der Waals surface area contributed by atoms with E-state index in [-0.39, 0.29) is 0 Å². The molecular weight excluding hydrogens is 232 g/mol. The summed E-state index contributed by atoms with van der Waals surface area (Å²) in [5, 5.41) is 3.71. The van der Waals surface area contributed by atoms with Gasteiger partial charge in [0.05, 0.1) is 0 Å². The van der Waals surface area contributed by atoms with Gasteiger partial charge in [-0.2, -0.15) is 0 Å². The molecule has 0 aliphatic heterocycles. The standard InChI is InChI=1S/C17H28N2/c1-5-18-16-15(11-12-17(16,2)3)19(4)13-14-9-7-6-8-10-14/h6-10,15-16,18H,5,11-13H2,1-4H3. The molecule has 19 heavy (non-hydrogen) atoms. The molecule has 1 aromatic carbocycles. The summed E-state index contributed by atoms with van der Waals surface area (Å²) in [4.78, 5) is 2.53. The van der Waals surface area contributed by atoms with Crippen LogP contribution < -0.4 is 5.32 Å². The Bertz CT molecular complexity index is 386. The van der Waals surface area contributed by atoms with Gasteiger partial charge in [0.15, 0.2) is 0 Å². The van der Waals surface area contributed by atoms with E-state index in [0.717, 1.165) is 13.1 Å². The lowest BCUT2D eigenvalue weighted by atomic mass is 9.86. The lowest BCUT2D eigenvalue weighted by Gasteiger charge is -2.36. The first-order chi connectivity index (χ1) is 9.04. The van der Waals surface area contributed by atoms with E-state index in [1.807, 2.05) is 0 Å². The maximum absolute atomic E-state index is 3.71. The van der Waals surface area contributed by atoms with Gasteiger partial charge < -0.3 is 5.32 Å². The molecule has 0 saturated heterocycles. The van der Waals surface area contributed by atoms with Gasteiger partial charge in [0, 0.05) is 18.6 Å². The summed E-state index contributed by atoms with van der Waals surface area (Å²) in [7, 11) is 2.27. The van der Waals surface area contributed by atoms with Crippen molar-refractivity contribution in [3.8, 4) is 0 Å². The van der Waals surface area contributed by atoms with Gasteiger partial charge >= 0.3 is 0 Å². The number of benzene rings is 1. The van der Waals surface area contributed by atoms with Gasteiger partial charge in [-0.1, -0.05) is 51.1 Å². The lowest BCUT2D eigenvalue weighted by molar-refractivity contribution is 0.167. The first-order valence-electron chi connectivity index (χ1n) is 7.52. The number of likely N-dealkylation sites (N-methyl/N-ethyl adjacent to an activating group) is 2. The van der Waals surface area contributed by atoms with Gasteiger partial charge in [0.2, 0.25) is 0 Å². The third kappa shape index (κ3) is 3.37. The lowest BCUT2D eigenvalue weighted by Crippen LogP contribution is -2.50. The van der Waals surface area contributed by atoms with Crippen LogP contribution in [0.2, 0.25) is 0 Å². The van der Waals surface area contributed by atoms with E-state index in [2.05, 4.69) is 68.4 Å². The maximum Gasteiger partial charge on any atom is 0.0274 e. The first kappa shape index (κ1) is 14.5. The van der Waals surface area contributed by atoms with Gasteiger partial charge in [-0.3, -0.25) is 4.90 Å². The number of nitrogens with one attached hydrogen (secondary N) is 1. The highest BCUT2D eigenvalue weighted by Gasteiger charge is 2.42. The molecule has 1 fully saturated rings. The van der Waals surface area contributed by atoms with Crippen LogP contribution in [0.3, 0.4) is 0 Å². The molecule has 0 amide bonds. The van der Waals surface area contributed by atoms with Crippen LogP contribution in [-0.2, 0) is 6.54 Å². The summed E-state index contributed by atoms with van der Waals surface area (Å²) in [6.45, 7) is 9.11. The average Bonchev–Trinajstić information content (AvgIpc) is 2.67. The molecule has 2 heteroatoms. The van der Waals surface area contributed by atoms with E-state index < -0.39 is 0 Å². The number of hydrogen-bond donors (Lipinski definition) is 1. The zero-order valence-corrected chi connectivity index (χ0v) is 12.8. The summed E-state index contributed by atoms with van der Waals surface area (Å²) in [5.41, 5.74) is 1.82. The number of rotatable bonds is 5. The van der Waals surface area contributed by atoms with Gasteiger partial charge in [-0.05, 0) is 37.4 Å². The highest BCUT2D eigenvalue weighted by molar-refractivity contribution is 5.15. The average molecular weight is 260 g/mol. The van der Waals surface area contributed by atoms with Crippen LogP contribution in [0.1, 0.15) is 39.2 Å². The molecule has 1 aliphatic carbocycles. The van der Waals surface area contributed by atoms with E-state index in [0.29, 0.717) is 17.5 Å². The fraction of sp³-hybridized carbons (Fsp3) is 0.647. The molecule has 0 heterocycles. The molecule has 0 aromatic heterocycles. The van der Waals surface area contributed by atoms with E-state index in [9.17, 15) is 0 Å². The summed E-state index contributed by atoms with van der Waals surface area (Å²) in [5.74, 6) is 0. The fourth-order valence-corrected chi connectivity index (χ4v) is 3.46. The molecule has 0 radical (unpaired) electrons. The van der Waals surface area contributed by atoms with Crippen molar-refractivity contribution in [2.45, 2.75) is 52.2 Å². The Kier molecular flexibility index (Phi) is 4.64. The Morgan fingerprint density at radius 2 is 1.95 bits per heavy atom. The monoisotopic (exact) mass is 260 g/mol. The van der Waals surface area contributed by atoms with Crippen molar-refractivity contribution < 1.29 is 0 Å². The van der Waals surface area contributed by atoms with Crippen LogP contribution in [0.15, 0.2) is 30.3 Å². The summed E-state index contributed by atoms with van der Waals surface area (Å²) >= 11 is 0. The van der Waals surface area contributed by atoms with Gasteiger partial charge in [-0.15, -0.1) is 0 Å². The largest absolute Gasteiger partial charge is 0.312 e. The van der Waals surface area contributed by atoms with E-state index in [4.69, 9.17) is 0 Å². The topological polar surface area (TPSA) is 15.3 Å². The zero-order valence-electron chi connectivity index (χ0n) is 12.8. The Labute approximate surface area is 118 Å². The van der Waals surface area contributed by atoms with Crippen molar-refractivity contribution >= 4 is 0 Å². The van der Waals surface area contributed by atoms with Crippen molar-refractivity contribution in [3.63, 3.8) is 0 Å². The molecule has 1 saturated carbocycles. The van der Waals surface area contributed by atoms with Crippen molar-refractivity contribution in [3.05, 3.63) is 35.9 Å². The van der Waals surface area contributed by atoms with Crippen molar-refractivity contribution in [2.24, 2.45) is 5.41 Å². The Morgan fingerprint density at radius 3 is 2.58 bits per heavy atom. The molecular formula is C17H28N2. The molecule has 1 aromatic rings. The fourth-order valence-electron chi connectivity index (χ4n) is 3.46. The van der Waals surface area contributed by atoms with Gasteiger partial charge in [0.1, 0.15) is 0 Å². The molecule has 0 bridgehead atoms. The molecule has 0 spiro atoms. The number of nitrogens with zero attached hydrogens (tertiary/aromatic N) is 1. The predicted molar refractivity (Wildman–Crippen MR) is 82.2 cm³/mol. The van der Waals surface area contributed by atoms with Gasteiger partial charge in [-0.25, -0.2) is 0 Å². The first-order valence-corrected chi connectivity index (χ1v) is 7.52. The van der Waals surface area contributed by atoms with Crippen LogP contribution in [0, 0.1) is 5.41 Å². The zero-order chi connectivity index (χ0) is 13.9. The smallest absolute Gasteiger partial charge is 0.0274 e. The Morgan fingerprint density at radius 1 is 1.26 bits per heavy atom. The van der Waals surface area contributed by atoms with E-state index in [1.165, 1.54) is 18.4 Å². The summed E-state index contributed by atoms with van der Waals surface area (Å²) in [6.07, 6.45) is 2.61. The molecule has 106 valence electrons. The summed E-state index contributed by atoms with van der Waals surface area (Å²) < 4.78 is 0.